The van der Waals surface area contributed by atoms with Crippen molar-refractivity contribution in [2.75, 3.05) is 0 Å². The second kappa shape index (κ2) is 5.11. The van der Waals surface area contributed by atoms with Crippen LogP contribution in [-0.2, 0) is 11.2 Å². The van der Waals surface area contributed by atoms with Crippen molar-refractivity contribution < 1.29 is 9.18 Å². The minimum absolute atomic E-state index is 0.121. The van der Waals surface area contributed by atoms with Crippen LogP contribution in [0, 0.1) is 5.82 Å². The van der Waals surface area contributed by atoms with Gasteiger partial charge in [-0.2, -0.15) is 0 Å². The van der Waals surface area contributed by atoms with Crippen LogP contribution in [0.4, 0.5) is 4.39 Å². The third-order valence-electron chi connectivity index (χ3n) is 2.07. The summed E-state index contributed by atoms with van der Waals surface area (Å²) >= 11 is 5.53. The van der Waals surface area contributed by atoms with Gasteiger partial charge in [0.2, 0.25) is 0 Å². The first-order chi connectivity index (χ1) is 6.63. The van der Waals surface area contributed by atoms with Crippen molar-refractivity contribution in [3.63, 3.8) is 0 Å². The lowest BCUT2D eigenvalue weighted by Crippen LogP contribution is -1.98. The molecule has 0 saturated carbocycles. The van der Waals surface area contributed by atoms with Crippen molar-refractivity contribution in [3.05, 3.63) is 34.6 Å². The van der Waals surface area contributed by atoms with Crippen molar-refractivity contribution in [1.29, 1.82) is 0 Å². The SMILES string of the molecule is CCC(=O)CCc1ccc(Cl)c(F)c1. The lowest BCUT2D eigenvalue weighted by Gasteiger charge is -2.01. The number of ketones is 1. The Balaban J connectivity index is 2.60. The van der Waals surface area contributed by atoms with Crippen LogP contribution < -0.4 is 0 Å². The summed E-state index contributed by atoms with van der Waals surface area (Å²) in [4.78, 5) is 11.0. The molecule has 0 aromatic heterocycles. The number of benzene rings is 1. The molecule has 0 atom stereocenters. The number of hydrogen-bond donors (Lipinski definition) is 0. The second-order valence-electron chi connectivity index (χ2n) is 3.14. The van der Waals surface area contributed by atoms with Crippen molar-refractivity contribution in [3.8, 4) is 0 Å². The van der Waals surface area contributed by atoms with Gasteiger partial charge in [-0.25, -0.2) is 4.39 Å². The fourth-order valence-corrected chi connectivity index (χ4v) is 1.27. The van der Waals surface area contributed by atoms with E-state index in [9.17, 15) is 9.18 Å². The Morgan fingerprint density at radius 3 is 2.79 bits per heavy atom. The van der Waals surface area contributed by atoms with Crippen LogP contribution in [0.5, 0.6) is 0 Å². The Hall–Kier alpha value is -0.890. The molecule has 0 bridgehead atoms. The smallest absolute Gasteiger partial charge is 0.142 e. The first-order valence-electron chi connectivity index (χ1n) is 4.59. The van der Waals surface area contributed by atoms with E-state index in [4.69, 9.17) is 11.6 Å². The zero-order valence-electron chi connectivity index (χ0n) is 8.02. The molecule has 1 rings (SSSR count). The summed E-state index contributed by atoms with van der Waals surface area (Å²) in [6.45, 7) is 1.82. The van der Waals surface area contributed by atoms with Crippen LogP contribution in [0.2, 0.25) is 5.02 Å². The van der Waals surface area contributed by atoms with Crippen LogP contribution in [0.1, 0.15) is 25.3 Å². The number of carbonyl (C=O) groups is 1. The van der Waals surface area contributed by atoms with Gasteiger partial charge in [0.1, 0.15) is 11.6 Å². The largest absolute Gasteiger partial charge is 0.300 e. The fourth-order valence-electron chi connectivity index (χ4n) is 1.16. The van der Waals surface area contributed by atoms with Crippen LogP contribution in [0.3, 0.4) is 0 Å². The quantitative estimate of drug-likeness (QED) is 0.751. The van der Waals surface area contributed by atoms with Crippen molar-refractivity contribution in [2.24, 2.45) is 0 Å². The molecule has 76 valence electrons. The molecule has 0 saturated heterocycles. The maximum absolute atomic E-state index is 13.0. The Kier molecular flexibility index (Phi) is 4.08. The number of carbonyl (C=O) groups excluding carboxylic acids is 1. The Labute approximate surface area is 87.9 Å². The monoisotopic (exact) mass is 214 g/mol. The van der Waals surface area contributed by atoms with E-state index in [1.807, 2.05) is 6.92 Å². The molecule has 0 radical (unpaired) electrons. The van der Waals surface area contributed by atoms with E-state index >= 15 is 0 Å². The summed E-state index contributed by atoms with van der Waals surface area (Å²) < 4.78 is 13.0. The second-order valence-corrected chi connectivity index (χ2v) is 3.55. The Bertz CT molecular complexity index is 336. The third kappa shape index (κ3) is 3.11. The number of Topliss-reactive ketones (excluding diaryl/α,β-unsaturated/α-hetero) is 1. The molecular weight excluding hydrogens is 203 g/mol. The maximum Gasteiger partial charge on any atom is 0.142 e. The first kappa shape index (κ1) is 11.2. The van der Waals surface area contributed by atoms with Crippen LogP contribution >= 0.6 is 11.6 Å². The van der Waals surface area contributed by atoms with E-state index in [1.54, 1.807) is 6.07 Å². The van der Waals surface area contributed by atoms with Gasteiger partial charge in [0.25, 0.3) is 0 Å². The van der Waals surface area contributed by atoms with Crippen LogP contribution in [-0.4, -0.2) is 5.78 Å². The lowest BCUT2D eigenvalue weighted by atomic mass is 10.1. The highest BCUT2D eigenvalue weighted by Crippen LogP contribution is 2.16. The van der Waals surface area contributed by atoms with E-state index in [0.29, 0.717) is 19.3 Å². The van der Waals surface area contributed by atoms with E-state index in [0.717, 1.165) is 5.56 Å². The van der Waals surface area contributed by atoms with Gasteiger partial charge in [-0.1, -0.05) is 24.6 Å². The van der Waals surface area contributed by atoms with Gasteiger partial charge in [0.15, 0.2) is 0 Å². The highest BCUT2D eigenvalue weighted by Gasteiger charge is 2.03. The van der Waals surface area contributed by atoms with Gasteiger partial charge in [-0.15, -0.1) is 0 Å². The highest BCUT2D eigenvalue weighted by molar-refractivity contribution is 6.30. The van der Waals surface area contributed by atoms with E-state index in [1.165, 1.54) is 12.1 Å². The minimum atomic E-state index is -0.423. The van der Waals surface area contributed by atoms with Crippen molar-refractivity contribution >= 4 is 17.4 Å². The predicted molar refractivity (Wildman–Crippen MR) is 55.0 cm³/mol. The molecule has 0 fully saturated rings. The zero-order chi connectivity index (χ0) is 10.6. The summed E-state index contributed by atoms with van der Waals surface area (Å²) in [5, 5.41) is 0.121. The standard InChI is InChI=1S/C11H12ClFO/c1-2-9(14)5-3-8-4-6-10(12)11(13)7-8/h4,6-7H,2-3,5H2,1H3. The molecule has 0 aliphatic carbocycles. The minimum Gasteiger partial charge on any atom is -0.300 e. The summed E-state index contributed by atoms with van der Waals surface area (Å²) in [7, 11) is 0. The molecule has 0 unspecified atom stereocenters. The summed E-state index contributed by atoms with van der Waals surface area (Å²) in [5.41, 5.74) is 0.814. The summed E-state index contributed by atoms with van der Waals surface area (Å²) in [6.07, 6.45) is 1.59. The van der Waals surface area contributed by atoms with E-state index < -0.39 is 5.82 Å². The highest BCUT2D eigenvalue weighted by atomic mass is 35.5. The van der Waals surface area contributed by atoms with E-state index in [2.05, 4.69) is 0 Å². The Morgan fingerprint density at radius 1 is 1.50 bits per heavy atom. The van der Waals surface area contributed by atoms with Crippen molar-refractivity contribution in [2.45, 2.75) is 26.2 Å². The molecule has 0 amide bonds. The molecule has 0 spiro atoms. The maximum atomic E-state index is 13.0. The fraction of sp³-hybridized carbons (Fsp3) is 0.364. The third-order valence-corrected chi connectivity index (χ3v) is 2.38. The average Bonchev–Trinajstić information content (AvgIpc) is 2.19. The molecular formula is C11H12ClFO. The Morgan fingerprint density at radius 2 is 2.21 bits per heavy atom. The van der Waals surface area contributed by atoms with Crippen molar-refractivity contribution in [1.82, 2.24) is 0 Å². The van der Waals surface area contributed by atoms with Gasteiger partial charge >= 0.3 is 0 Å². The number of hydrogen-bond acceptors (Lipinski definition) is 1. The molecule has 14 heavy (non-hydrogen) atoms. The molecule has 0 aliphatic rings. The van der Waals surface area contributed by atoms with Crippen LogP contribution in [0.15, 0.2) is 18.2 Å². The summed E-state index contributed by atoms with van der Waals surface area (Å²) in [6, 6.07) is 4.64. The number of rotatable bonds is 4. The summed E-state index contributed by atoms with van der Waals surface area (Å²) in [5.74, 6) is -0.228. The zero-order valence-corrected chi connectivity index (χ0v) is 8.77. The van der Waals surface area contributed by atoms with Crippen LogP contribution in [0.25, 0.3) is 0 Å². The lowest BCUT2D eigenvalue weighted by molar-refractivity contribution is -0.118. The van der Waals surface area contributed by atoms with E-state index in [-0.39, 0.29) is 10.8 Å². The van der Waals surface area contributed by atoms with Gasteiger partial charge in [-0.3, -0.25) is 4.79 Å². The average molecular weight is 215 g/mol. The molecule has 0 aliphatic heterocycles. The number of aryl methyl sites for hydroxylation is 1. The molecule has 1 aromatic rings. The topological polar surface area (TPSA) is 17.1 Å². The first-order valence-corrected chi connectivity index (χ1v) is 4.97. The van der Waals surface area contributed by atoms with Gasteiger partial charge in [0.05, 0.1) is 5.02 Å². The molecule has 3 heteroatoms. The van der Waals surface area contributed by atoms with Gasteiger partial charge < -0.3 is 0 Å². The number of halogens is 2. The molecule has 0 N–H and O–H groups in total. The molecule has 0 heterocycles. The van der Waals surface area contributed by atoms with Gasteiger partial charge in [0, 0.05) is 12.8 Å². The molecule has 1 nitrogen and oxygen atoms in total. The predicted octanol–water partition coefficient (Wildman–Crippen LogP) is 3.39. The normalized spacial score (nSPS) is 10.2. The molecule has 1 aromatic carbocycles. The van der Waals surface area contributed by atoms with Gasteiger partial charge in [-0.05, 0) is 24.1 Å².